The topological polar surface area (TPSA) is 107 Å². The molecule has 2 aromatic carbocycles. The third-order valence-electron chi connectivity index (χ3n) is 5.65. The lowest BCUT2D eigenvalue weighted by Gasteiger charge is -2.14. The van der Waals surface area contributed by atoms with Gasteiger partial charge >= 0.3 is 0 Å². The first kappa shape index (κ1) is 24.2. The maximum Gasteiger partial charge on any atom is 0.244 e. The second kappa shape index (κ2) is 9.71. The van der Waals surface area contributed by atoms with Crippen LogP contribution in [0.1, 0.15) is 18.2 Å². The van der Waals surface area contributed by atoms with E-state index < -0.39 is 26.1 Å². The third kappa shape index (κ3) is 4.95. The van der Waals surface area contributed by atoms with Crippen LogP contribution in [0.5, 0.6) is 5.75 Å². The van der Waals surface area contributed by atoms with E-state index in [-0.39, 0.29) is 22.5 Å². The lowest BCUT2D eigenvalue weighted by atomic mass is 10.2. The van der Waals surface area contributed by atoms with Crippen LogP contribution in [-0.4, -0.2) is 31.0 Å². The van der Waals surface area contributed by atoms with Gasteiger partial charge in [0.1, 0.15) is 22.8 Å². The molecule has 0 spiro atoms. The number of hydrogen-bond acceptors (Lipinski definition) is 6. The van der Waals surface area contributed by atoms with Gasteiger partial charge in [-0.05, 0) is 67.4 Å². The number of sulfone groups is 1. The van der Waals surface area contributed by atoms with Crippen molar-refractivity contribution < 1.29 is 17.9 Å². The lowest BCUT2D eigenvalue weighted by Crippen LogP contribution is -2.24. The van der Waals surface area contributed by atoms with Gasteiger partial charge in [0.2, 0.25) is 21.2 Å². The summed E-state index contributed by atoms with van der Waals surface area (Å²) in [5, 5.41) is 2.89. The Morgan fingerprint density at radius 3 is 2.34 bits per heavy atom. The SMILES string of the molecule is CCc1ccc(S(=O)(=O)c2cn(CC(=O)Nc3ccc(OC)cc3)c3nc(C)ccc3c2=O)cc1. The molecule has 9 heteroatoms. The Kier molecular flexibility index (Phi) is 6.70. The van der Waals surface area contributed by atoms with Crippen LogP contribution in [0, 0.1) is 6.92 Å². The van der Waals surface area contributed by atoms with Crippen molar-refractivity contribution in [1.82, 2.24) is 9.55 Å². The first-order valence-electron chi connectivity index (χ1n) is 11.0. The summed E-state index contributed by atoms with van der Waals surface area (Å²) in [6.45, 7) is 3.49. The Balaban J connectivity index is 1.77. The molecule has 0 unspecified atom stereocenters. The maximum atomic E-state index is 13.4. The minimum Gasteiger partial charge on any atom is -0.497 e. The zero-order chi connectivity index (χ0) is 25.2. The molecule has 0 aliphatic heterocycles. The molecule has 0 atom stereocenters. The first-order valence-corrected chi connectivity index (χ1v) is 12.5. The summed E-state index contributed by atoms with van der Waals surface area (Å²) in [5.41, 5.74) is 1.75. The number of nitrogens with one attached hydrogen (secondary N) is 1. The van der Waals surface area contributed by atoms with E-state index in [2.05, 4.69) is 10.3 Å². The number of hydrogen-bond donors (Lipinski definition) is 1. The van der Waals surface area contributed by atoms with Crippen molar-refractivity contribution in [3.05, 3.63) is 88.3 Å². The van der Waals surface area contributed by atoms with Crippen molar-refractivity contribution in [3.8, 4) is 5.75 Å². The van der Waals surface area contributed by atoms with Crippen molar-refractivity contribution >= 4 is 32.5 Å². The molecule has 4 rings (SSSR count). The number of pyridine rings is 2. The summed E-state index contributed by atoms with van der Waals surface area (Å²) in [6, 6.07) is 16.4. The molecule has 180 valence electrons. The normalized spacial score (nSPS) is 11.4. The second-order valence-corrected chi connectivity index (χ2v) is 9.97. The van der Waals surface area contributed by atoms with Gasteiger partial charge in [0.05, 0.1) is 17.4 Å². The van der Waals surface area contributed by atoms with E-state index in [9.17, 15) is 18.0 Å². The van der Waals surface area contributed by atoms with Gasteiger partial charge in [-0.3, -0.25) is 9.59 Å². The van der Waals surface area contributed by atoms with Crippen LogP contribution < -0.4 is 15.5 Å². The number of rotatable bonds is 7. The van der Waals surface area contributed by atoms with Crippen molar-refractivity contribution in [2.45, 2.75) is 36.6 Å². The monoisotopic (exact) mass is 491 g/mol. The van der Waals surface area contributed by atoms with Crippen LogP contribution in [0.3, 0.4) is 0 Å². The molecule has 0 saturated heterocycles. The molecular formula is C26H25N3O5S. The van der Waals surface area contributed by atoms with Crippen molar-refractivity contribution in [2.75, 3.05) is 12.4 Å². The molecule has 1 N–H and O–H groups in total. The Morgan fingerprint density at radius 2 is 1.71 bits per heavy atom. The number of ether oxygens (including phenoxy) is 1. The van der Waals surface area contributed by atoms with Gasteiger partial charge in [0, 0.05) is 17.6 Å². The molecule has 8 nitrogen and oxygen atoms in total. The molecule has 2 heterocycles. The number of benzene rings is 2. The van der Waals surface area contributed by atoms with Gasteiger partial charge < -0.3 is 14.6 Å². The predicted molar refractivity (Wildman–Crippen MR) is 134 cm³/mol. The van der Waals surface area contributed by atoms with Crippen molar-refractivity contribution in [1.29, 1.82) is 0 Å². The molecule has 1 amide bonds. The molecule has 0 radical (unpaired) electrons. The van der Waals surface area contributed by atoms with Crippen LogP contribution in [0.15, 0.2) is 81.4 Å². The molecule has 0 aliphatic carbocycles. The van der Waals surface area contributed by atoms with Crippen molar-refractivity contribution in [3.63, 3.8) is 0 Å². The van der Waals surface area contributed by atoms with Crippen LogP contribution in [0.2, 0.25) is 0 Å². The van der Waals surface area contributed by atoms with Crippen LogP contribution in [0.25, 0.3) is 11.0 Å². The van der Waals surface area contributed by atoms with Gasteiger partial charge in [-0.2, -0.15) is 0 Å². The number of aryl methyl sites for hydroxylation is 2. The fourth-order valence-electron chi connectivity index (χ4n) is 3.71. The molecule has 0 fully saturated rings. The number of fused-ring (bicyclic) bond motifs is 1. The lowest BCUT2D eigenvalue weighted by molar-refractivity contribution is -0.116. The molecule has 0 saturated carbocycles. The van der Waals surface area contributed by atoms with E-state index in [4.69, 9.17) is 4.74 Å². The molecular weight excluding hydrogens is 466 g/mol. The number of carbonyl (C=O) groups is 1. The van der Waals surface area contributed by atoms with E-state index in [1.54, 1.807) is 56.5 Å². The van der Waals surface area contributed by atoms with E-state index in [0.29, 0.717) is 17.1 Å². The molecule has 35 heavy (non-hydrogen) atoms. The zero-order valence-electron chi connectivity index (χ0n) is 19.6. The predicted octanol–water partition coefficient (Wildman–Crippen LogP) is 3.75. The summed E-state index contributed by atoms with van der Waals surface area (Å²) in [5.74, 6) is 0.245. The number of amides is 1. The van der Waals surface area contributed by atoms with Crippen LogP contribution in [-0.2, 0) is 27.6 Å². The van der Waals surface area contributed by atoms with Gasteiger partial charge in [-0.15, -0.1) is 0 Å². The summed E-state index contributed by atoms with van der Waals surface area (Å²) < 4.78 is 33.3. The standard InChI is InChI=1S/C26H25N3O5S/c1-4-18-6-12-21(13-7-18)35(32,33)23-15-29(26-22(25(23)31)14-5-17(2)27-26)16-24(30)28-19-8-10-20(34-3)11-9-19/h5-15H,4,16H2,1-3H3,(H,28,30). The number of methoxy groups -OCH3 is 1. The van der Waals surface area contributed by atoms with E-state index >= 15 is 0 Å². The van der Waals surface area contributed by atoms with Gasteiger partial charge in [-0.1, -0.05) is 19.1 Å². The molecule has 0 bridgehead atoms. The van der Waals surface area contributed by atoms with Crippen LogP contribution >= 0.6 is 0 Å². The van der Waals surface area contributed by atoms with Crippen molar-refractivity contribution in [2.24, 2.45) is 0 Å². The minimum absolute atomic E-state index is 0.0143. The van der Waals surface area contributed by atoms with E-state index in [0.717, 1.165) is 12.0 Å². The second-order valence-electron chi connectivity index (χ2n) is 8.05. The Bertz CT molecular complexity index is 1560. The van der Waals surface area contributed by atoms with Gasteiger partial charge in [-0.25, -0.2) is 13.4 Å². The molecule has 2 aromatic heterocycles. The minimum atomic E-state index is -4.13. The number of aromatic nitrogens is 2. The molecule has 0 aliphatic rings. The largest absolute Gasteiger partial charge is 0.497 e. The third-order valence-corrected chi connectivity index (χ3v) is 7.41. The Morgan fingerprint density at radius 1 is 1.03 bits per heavy atom. The first-order chi connectivity index (χ1) is 16.7. The highest BCUT2D eigenvalue weighted by Crippen LogP contribution is 2.22. The smallest absolute Gasteiger partial charge is 0.244 e. The van der Waals surface area contributed by atoms with E-state index in [1.807, 2.05) is 6.92 Å². The Hall–Kier alpha value is -3.98. The fourth-order valence-corrected chi connectivity index (χ4v) is 5.07. The summed E-state index contributed by atoms with van der Waals surface area (Å²) in [6.07, 6.45) is 1.96. The summed E-state index contributed by atoms with van der Waals surface area (Å²) in [4.78, 5) is 30.1. The van der Waals surface area contributed by atoms with E-state index in [1.165, 1.54) is 29.0 Å². The van der Waals surface area contributed by atoms with Gasteiger partial charge in [0.15, 0.2) is 0 Å². The maximum absolute atomic E-state index is 13.4. The number of carbonyl (C=O) groups excluding carboxylic acids is 1. The number of nitrogens with zero attached hydrogens (tertiary/aromatic N) is 2. The fraction of sp³-hybridized carbons (Fsp3) is 0.192. The number of anilines is 1. The van der Waals surface area contributed by atoms with Crippen LogP contribution in [0.4, 0.5) is 5.69 Å². The Labute approximate surface area is 203 Å². The highest BCUT2D eigenvalue weighted by Gasteiger charge is 2.25. The summed E-state index contributed by atoms with van der Waals surface area (Å²) >= 11 is 0. The highest BCUT2D eigenvalue weighted by atomic mass is 32.2. The highest BCUT2D eigenvalue weighted by molar-refractivity contribution is 7.91. The average molecular weight is 492 g/mol. The molecule has 4 aromatic rings. The quantitative estimate of drug-likeness (QED) is 0.422. The van der Waals surface area contributed by atoms with Gasteiger partial charge in [0.25, 0.3) is 0 Å². The average Bonchev–Trinajstić information content (AvgIpc) is 2.86. The zero-order valence-corrected chi connectivity index (χ0v) is 20.4. The summed E-state index contributed by atoms with van der Waals surface area (Å²) in [7, 11) is -2.58.